The number of urea groups is 1. The molecule has 1 unspecified atom stereocenters. The molecule has 1 aromatic heterocycles. The zero-order valence-corrected chi connectivity index (χ0v) is 24.4. The van der Waals surface area contributed by atoms with Crippen molar-refractivity contribution in [3.8, 4) is 0 Å². The number of amides is 3. The number of rotatable bonds is 9. The number of carboxylic acids is 1. The molecule has 0 bridgehead atoms. The zero-order valence-electron chi connectivity index (χ0n) is 23.4. The Morgan fingerprint density at radius 3 is 2.34 bits per heavy atom. The Morgan fingerprint density at radius 1 is 1.16 bits per heavy atom. The lowest BCUT2D eigenvalue weighted by Gasteiger charge is -2.48. The molecule has 38 heavy (non-hydrogen) atoms. The molecule has 9 nitrogen and oxygen atoms in total. The highest BCUT2D eigenvalue weighted by atomic mass is 28.3. The average molecular weight is 540 g/mol. The maximum Gasteiger partial charge on any atom is 0.318 e. The van der Waals surface area contributed by atoms with Gasteiger partial charge in [-0.2, -0.15) is 5.10 Å². The van der Waals surface area contributed by atoms with Crippen LogP contribution in [-0.2, 0) is 21.7 Å². The van der Waals surface area contributed by atoms with Gasteiger partial charge >= 0.3 is 12.0 Å². The Morgan fingerprint density at radius 2 is 1.82 bits per heavy atom. The van der Waals surface area contributed by atoms with Crippen molar-refractivity contribution in [2.24, 2.45) is 5.92 Å². The van der Waals surface area contributed by atoms with Crippen LogP contribution in [0.2, 0.25) is 24.7 Å². The molecule has 0 radical (unpaired) electrons. The number of hydrogen-bond acceptors (Lipinski definition) is 4. The standard InChI is InChI=1S/C28H41N5O4Si/c1-7-18(24(34)35)16-21(19-12-9-8-10-13-19)29-26(37)33-17-20-22(27(33,2)3)31-32-23(20)30-25(36)28(14-11-15-28)38(4,5)6/h8-10,12-13,18,21H,7,11,14-17H2,1-6H3,(H,29,37)(H,34,35)(H2,30,31,32,36)/t18-,21?/m0/s1. The minimum Gasteiger partial charge on any atom is -0.481 e. The molecular weight excluding hydrogens is 498 g/mol. The van der Waals surface area contributed by atoms with E-state index >= 15 is 0 Å². The van der Waals surface area contributed by atoms with E-state index in [-0.39, 0.29) is 23.5 Å². The summed E-state index contributed by atoms with van der Waals surface area (Å²) in [5.41, 5.74) is 1.78. The van der Waals surface area contributed by atoms with Crippen molar-refractivity contribution in [3.05, 3.63) is 47.2 Å². The number of carbonyl (C=O) groups excluding carboxylic acids is 2. The molecule has 3 amide bonds. The van der Waals surface area contributed by atoms with Crippen molar-refractivity contribution in [1.29, 1.82) is 0 Å². The van der Waals surface area contributed by atoms with E-state index in [0.717, 1.165) is 36.1 Å². The number of fused-ring (bicyclic) bond motifs is 1. The van der Waals surface area contributed by atoms with E-state index in [2.05, 4.69) is 40.5 Å². The van der Waals surface area contributed by atoms with Crippen LogP contribution in [0.15, 0.2) is 30.3 Å². The van der Waals surface area contributed by atoms with Gasteiger partial charge in [-0.1, -0.05) is 63.3 Å². The molecule has 0 spiro atoms. The second kappa shape index (κ2) is 10.2. The average Bonchev–Trinajstić information content (AvgIpc) is 3.32. The number of carbonyl (C=O) groups is 3. The number of benzene rings is 1. The van der Waals surface area contributed by atoms with Gasteiger partial charge in [0.05, 0.1) is 37.8 Å². The van der Waals surface area contributed by atoms with Gasteiger partial charge in [-0.25, -0.2) is 4.79 Å². The first kappa shape index (κ1) is 27.9. The molecule has 1 aliphatic carbocycles. The summed E-state index contributed by atoms with van der Waals surface area (Å²) in [5, 5.41) is 23.1. The number of H-pyrrole nitrogens is 1. The summed E-state index contributed by atoms with van der Waals surface area (Å²) in [5.74, 6) is -0.903. The molecule has 2 atom stereocenters. The van der Waals surface area contributed by atoms with Crippen LogP contribution in [0.25, 0.3) is 0 Å². The second-order valence-electron chi connectivity index (χ2n) is 12.3. The maximum absolute atomic E-state index is 13.7. The van der Waals surface area contributed by atoms with Crippen molar-refractivity contribution in [3.63, 3.8) is 0 Å². The normalized spacial score (nSPS) is 19.2. The first-order valence-corrected chi connectivity index (χ1v) is 17.1. The van der Waals surface area contributed by atoms with E-state index < -0.39 is 31.5 Å². The maximum atomic E-state index is 13.7. The number of aromatic amines is 1. The van der Waals surface area contributed by atoms with E-state index in [1.54, 1.807) is 4.90 Å². The van der Waals surface area contributed by atoms with Crippen molar-refractivity contribution in [1.82, 2.24) is 20.4 Å². The topological polar surface area (TPSA) is 127 Å². The van der Waals surface area contributed by atoms with Gasteiger partial charge in [0.25, 0.3) is 0 Å². The Bertz CT molecular complexity index is 1200. The van der Waals surface area contributed by atoms with E-state index in [4.69, 9.17) is 0 Å². The van der Waals surface area contributed by atoms with E-state index in [1.807, 2.05) is 51.1 Å². The predicted molar refractivity (Wildman–Crippen MR) is 149 cm³/mol. The molecule has 2 aromatic rings. The van der Waals surface area contributed by atoms with Crippen molar-refractivity contribution < 1.29 is 19.5 Å². The summed E-state index contributed by atoms with van der Waals surface area (Å²) < 4.78 is 0. The Labute approximate surface area is 225 Å². The highest BCUT2D eigenvalue weighted by Gasteiger charge is 2.54. The molecule has 2 heterocycles. The van der Waals surface area contributed by atoms with Gasteiger partial charge in [0.15, 0.2) is 5.82 Å². The van der Waals surface area contributed by atoms with Crippen LogP contribution in [0.4, 0.5) is 10.6 Å². The number of aromatic nitrogens is 2. The molecule has 1 fully saturated rings. The second-order valence-corrected chi connectivity index (χ2v) is 17.8. The van der Waals surface area contributed by atoms with Crippen LogP contribution in [0.1, 0.15) is 75.7 Å². The first-order valence-electron chi connectivity index (χ1n) is 13.6. The Hall–Kier alpha value is -3.14. The van der Waals surface area contributed by atoms with E-state index in [1.165, 1.54) is 0 Å². The molecule has 206 valence electrons. The number of anilines is 1. The molecule has 4 N–H and O–H groups in total. The van der Waals surface area contributed by atoms with Crippen LogP contribution in [0.3, 0.4) is 0 Å². The summed E-state index contributed by atoms with van der Waals surface area (Å²) >= 11 is 0. The van der Waals surface area contributed by atoms with Crippen LogP contribution in [-0.4, -0.2) is 46.2 Å². The molecule has 1 aromatic carbocycles. The lowest BCUT2D eigenvalue weighted by atomic mass is 9.83. The molecule has 1 saturated carbocycles. The van der Waals surface area contributed by atoms with Gasteiger partial charge in [0, 0.05) is 10.6 Å². The Balaban J connectivity index is 1.54. The zero-order chi connectivity index (χ0) is 27.9. The largest absolute Gasteiger partial charge is 0.481 e. The monoisotopic (exact) mass is 539 g/mol. The minimum absolute atomic E-state index is 0.0429. The fourth-order valence-corrected chi connectivity index (χ4v) is 8.53. The van der Waals surface area contributed by atoms with Crippen molar-refractivity contribution in [2.75, 3.05) is 5.32 Å². The summed E-state index contributed by atoms with van der Waals surface area (Å²) in [7, 11) is -1.75. The SMILES string of the molecule is CC[C@@H](CC(NC(=O)N1Cc2c(NC(=O)C3([Si](C)(C)C)CCC3)n[nH]c2C1(C)C)c1ccccc1)C(=O)O. The van der Waals surface area contributed by atoms with Crippen LogP contribution in [0, 0.1) is 5.92 Å². The number of aliphatic carboxylic acids is 1. The van der Waals surface area contributed by atoms with E-state index in [0.29, 0.717) is 18.7 Å². The predicted octanol–water partition coefficient (Wildman–Crippen LogP) is 5.61. The number of carboxylic acid groups (broad SMARTS) is 1. The third-order valence-electron chi connectivity index (χ3n) is 8.89. The van der Waals surface area contributed by atoms with Crippen LogP contribution >= 0.6 is 0 Å². The summed E-state index contributed by atoms with van der Waals surface area (Å²) in [6, 6.07) is 8.74. The lowest BCUT2D eigenvalue weighted by molar-refractivity contribution is -0.142. The van der Waals surface area contributed by atoms with Crippen molar-refractivity contribution >= 4 is 31.8 Å². The van der Waals surface area contributed by atoms with E-state index in [9.17, 15) is 19.5 Å². The van der Waals surface area contributed by atoms with Gasteiger partial charge in [-0.15, -0.1) is 0 Å². The number of hydrogen-bond donors (Lipinski definition) is 4. The fourth-order valence-electron chi connectivity index (χ4n) is 5.94. The van der Waals surface area contributed by atoms with Gasteiger partial charge in [-0.05, 0) is 45.1 Å². The molecule has 2 aliphatic rings. The third kappa shape index (κ3) is 4.86. The smallest absolute Gasteiger partial charge is 0.318 e. The fraction of sp³-hybridized carbons (Fsp3) is 0.571. The van der Waals surface area contributed by atoms with Crippen molar-refractivity contribution in [2.45, 2.75) is 95.7 Å². The highest BCUT2D eigenvalue weighted by Crippen LogP contribution is 2.56. The summed E-state index contributed by atoms with van der Waals surface area (Å²) in [4.78, 5) is 40.6. The lowest BCUT2D eigenvalue weighted by Crippen LogP contribution is -2.52. The summed E-state index contributed by atoms with van der Waals surface area (Å²) in [6.07, 6.45) is 3.67. The molecule has 4 rings (SSSR count). The quantitative estimate of drug-likeness (QED) is 0.308. The van der Waals surface area contributed by atoms with Gasteiger partial charge in [0.1, 0.15) is 0 Å². The Kier molecular flexibility index (Phi) is 7.48. The highest BCUT2D eigenvalue weighted by molar-refractivity contribution is 6.83. The summed E-state index contributed by atoms with van der Waals surface area (Å²) in [6.45, 7) is 12.8. The van der Waals surface area contributed by atoms with Gasteiger partial charge in [-0.3, -0.25) is 14.7 Å². The van der Waals surface area contributed by atoms with Crippen LogP contribution < -0.4 is 10.6 Å². The first-order chi connectivity index (χ1) is 17.8. The molecule has 1 aliphatic heterocycles. The van der Waals surface area contributed by atoms with Gasteiger partial charge in [0.2, 0.25) is 5.91 Å². The minimum atomic E-state index is -1.75. The van der Waals surface area contributed by atoms with Gasteiger partial charge < -0.3 is 20.6 Å². The molecule has 0 saturated heterocycles. The number of nitrogens with zero attached hydrogens (tertiary/aromatic N) is 2. The number of nitrogens with one attached hydrogen (secondary N) is 3. The third-order valence-corrected chi connectivity index (χ3v) is 12.5. The molecule has 10 heteroatoms. The molecular formula is C28H41N5O4Si. The van der Waals surface area contributed by atoms with Crippen LogP contribution in [0.5, 0.6) is 0 Å².